The number of aromatic amines is 1. The SMILES string of the molecule is Cc1cc(CC(C)NC(=O)N2CCS(=O)(=O)CC2C2CCC2)n[nH]1. The van der Waals surface area contributed by atoms with Gasteiger partial charge in [-0.25, -0.2) is 13.2 Å². The summed E-state index contributed by atoms with van der Waals surface area (Å²) in [6, 6.07) is 1.59. The summed E-state index contributed by atoms with van der Waals surface area (Å²) in [7, 11) is -3.03. The summed E-state index contributed by atoms with van der Waals surface area (Å²) in [5, 5.41) is 10.1. The van der Waals surface area contributed by atoms with Gasteiger partial charge in [0, 0.05) is 24.7 Å². The molecule has 2 aliphatic rings. The monoisotopic (exact) mass is 354 g/mol. The second-order valence-corrected chi connectivity index (χ2v) is 9.39. The quantitative estimate of drug-likeness (QED) is 0.851. The minimum absolute atomic E-state index is 0.0548. The zero-order valence-corrected chi connectivity index (χ0v) is 15.1. The van der Waals surface area contributed by atoms with Gasteiger partial charge in [0.2, 0.25) is 0 Å². The molecule has 1 aliphatic carbocycles. The van der Waals surface area contributed by atoms with E-state index >= 15 is 0 Å². The number of hydrogen-bond donors (Lipinski definition) is 2. The predicted molar refractivity (Wildman–Crippen MR) is 91.5 cm³/mol. The molecule has 0 radical (unpaired) electrons. The first-order valence-corrected chi connectivity index (χ1v) is 10.4. The third-order valence-electron chi connectivity index (χ3n) is 5.07. The molecule has 0 aromatic carbocycles. The number of nitrogens with zero attached hydrogens (tertiary/aromatic N) is 2. The van der Waals surface area contributed by atoms with Gasteiger partial charge in [-0.05, 0) is 38.7 Å². The van der Waals surface area contributed by atoms with Crippen LogP contribution >= 0.6 is 0 Å². The Morgan fingerprint density at radius 3 is 2.83 bits per heavy atom. The molecule has 0 spiro atoms. The van der Waals surface area contributed by atoms with Crippen LogP contribution < -0.4 is 5.32 Å². The van der Waals surface area contributed by atoms with Crippen LogP contribution in [0.3, 0.4) is 0 Å². The molecule has 8 heteroatoms. The van der Waals surface area contributed by atoms with Gasteiger partial charge in [-0.3, -0.25) is 5.10 Å². The van der Waals surface area contributed by atoms with Crippen molar-refractivity contribution >= 4 is 15.9 Å². The number of amides is 2. The van der Waals surface area contributed by atoms with Crippen molar-refractivity contribution in [2.75, 3.05) is 18.1 Å². The van der Waals surface area contributed by atoms with Crippen LogP contribution in [0.1, 0.15) is 37.6 Å². The highest BCUT2D eigenvalue weighted by atomic mass is 32.2. The summed E-state index contributed by atoms with van der Waals surface area (Å²) in [6.45, 7) is 4.18. The molecule has 2 atom stereocenters. The maximum Gasteiger partial charge on any atom is 0.317 e. The van der Waals surface area contributed by atoms with Gasteiger partial charge in [0.25, 0.3) is 0 Å². The van der Waals surface area contributed by atoms with E-state index in [-0.39, 0.29) is 29.6 Å². The van der Waals surface area contributed by atoms with Gasteiger partial charge in [0.05, 0.1) is 23.2 Å². The number of aryl methyl sites for hydroxylation is 1. The van der Waals surface area contributed by atoms with Crippen LogP contribution in [0.2, 0.25) is 0 Å². The third-order valence-corrected chi connectivity index (χ3v) is 6.72. The molecule has 2 unspecified atom stereocenters. The second kappa shape index (κ2) is 6.74. The number of aromatic nitrogens is 2. The number of nitrogens with one attached hydrogen (secondary N) is 2. The van der Waals surface area contributed by atoms with Gasteiger partial charge < -0.3 is 10.2 Å². The van der Waals surface area contributed by atoms with Gasteiger partial charge in [-0.15, -0.1) is 0 Å². The number of urea groups is 1. The fourth-order valence-electron chi connectivity index (χ4n) is 3.54. The number of H-pyrrole nitrogens is 1. The standard InChI is InChI=1S/C16H26N4O3S/c1-11(8-14-9-12(2)18-19-14)17-16(21)20-6-7-24(22,23)10-15(20)13-4-3-5-13/h9,11,13,15H,3-8,10H2,1-2H3,(H,17,21)(H,18,19). The Bertz CT molecular complexity index is 696. The van der Waals surface area contributed by atoms with Crippen LogP contribution in [-0.4, -0.2) is 59.7 Å². The lowest BCUT2D eigenvalue weighted by atomic mass is 9.79. The Labute approximate surface area is 143 Å². The van der Waals surface area contributed by atoms with E-state index < -0.39 is 9.84 Å². The molecular weight excluding hydrogens is 328 g/mol. The Morgan fingerprint density at radius 1 is 1.50 bits per heavy atom. The van der Waals surface area contributed by atoms with Crippen molar-refractivity contribution in [3.63, 3.8) is 0 Å². The summed E-state index contributed by atoms with van der Waals surface area (Å²) in [4.78, 5) is 14.4. The maximum atomic E-state index is 12.7. The van der Waals surface area contributed by atoms with Crippen LogP contribution in [0.15, 0.2) is 6.07 Å². The van der Waals surface area contributed by atoms with Crippen molar-refractivity contribution in [3.8, 4) is 0 Å². The summed E-state index contributed by atoms with van der Waals surface area (Å²) in [5.41, 5.74) is 1.91. The molecular formula is C16H26N4O3S. The molecule has 2 fully saturated rings. The van der Waals surface area contributed by atoms with E-state index in [1.165, 1.54) is 0 Å². The Balaban J connectivity index is 1.61. The molecule has 24 heavy (non-hydrogen) atoms. The molecule has 1 aromatic rings. The molecule has 3 rings (SSSR count). The minimum Gasteiger partial charge on any atom is -0.335 e. The molecule has 1 aromatic heterocycles. The van der Waals surface area contributed by atoms with Crippen molar-refractivity contribution in [1.82, 2.24) is 20.4 Å². The largest absolute Gasteiger partial charge is 0.335 e. The van der Waals surface area contributed by atoms with Crippen LogP contribution in [-0.2, 0) is 16.3 Å². The van der Waals surface area contributed by atoms with Crippen molar-refractivity contribution in [2.45, 2.75) is 51.6 Å². The minimum atomic E-state index is -3.03. The van der Waals surface area contributed by atoms with E-state index in [0.717, 1.165) is 30.7 Å². The van der Waals surface area contributed by atoms with Gasteiger partial charge in [-0.2, -0.15) is 5.10 Å². The Morgan fingerprint density at radius 2 is 2.25 bits per heavy atom. The number of sulfone groups is 1. The lowest BCUT2D eigenvalue weighted by Crippen LogP contribution is -2.59. The van der Waals surface area contributed by atoms with Gasteiger partial charge in [0.15, 0.2) is 9.84 Å². The lowest BCUT2D eigenvalue weighted by Gasteiger charge is -2.43. The molecule has 7 nitrogen and oxygen atoms in total. The number of rotatable bonds is 4. The highest BCUT2D eigenvalue weighted by Crippen LogP contribution is 2.34. The third kappa shape index (κ3) is 3.91. The van der Waals surface area contributed by atoms with Crippen molar-refractivity contribution < 1.29 is 13.2 Å². The first kappa shape index (κ1) is 17.3. The number of carbonyl (C=O) groups is 1. The zero-order chi connectivity index (χ0) is 17.3. The van der Waals surface area contributed by atoms with E-state index in [1.807, 2.05) is 19.9 Å². The number of hydrogen-bond acceptors (Lipinski definition) is 4. The Hall–Kier alpha value is -1.57. The van der Waals surface area contributed by atoms with Crippen molar-refractivity contribution in [1.29, 1.82) is 0 Å². The molecule has 0 bridgehead atoms. The molecule has 2 N–H and O–H groups in total. The van der Waals surface area contributed by atoms with Crippen LogP contribution in [0, 0.1) is 12.8 Å². The Kier molecular flexibility index (Phi) is 4.85. The van der Waals surface area contributed by atoms with Gasteiger partial charge in [0.1, 0.15) is 0 Å². The van der Waals surface area contributed by atoms with Gasteiger partial charge in [-0.1, -0.05) is 6.42 Å². The first-order valence-electron chi connectivity index (χ1n) is 8.62. The maximum absolute atomic E-state index is 12.7. The van der Waals surface area contributed by atoms with E-state index in [0.29, 0.717) is 18.9 Å². The molecule has 1 aliphatic heterocycles. The van der Waals surface area contributed by atoms with E-state index in [4.69, 9.17) is 0 Å². The number of carbonyl (C=O) groups excluding carboxylic acids is 1. The topological polar surface area (TPSA) is 95.2 Å². The lowest BCUT2D eigenvalue weighted by molar-refractivity contribution is 0.122. The summed E-state index contributed by atoms with van der Waals surface area (Å²) in [5.74, 6) is 0.504. The average molecular weight is 354 g/mol. The molecule has 134 valence electrons. The molecule has 2 amide bonds. The summed E-state index contributed by atoms with van der Waals surface area (Å²) >= 11 is 0. The van der Waals surface area contributed by atoms with Crippen LogP contribution in [0.25, 0.3) is 0 Å². The smallest absolute Gasteiger partial charge is 0.317 e. The van der Waals surface area contributed by atoms with Crippen LogP contribution in [0.4, 0.5) is 4.79 Å². The highest BCUT2D eigenvalue weighted by Gasteiger charge is 2.40. The average Bonchev–Trinajstić information content (AvgIpc) is 2.80. The van der Waals surface area contributed by atoms with E-state index in [9.17, 15) is 13.2 Å². The normalized spacial score (nSPS) is 25.1. The van der Waals surface area contributed by atoms with Crippen molar-refractivity contribution in [2.24, 2.45) is 5.92 Å². The van der Waals surface area contributed by atoms with E-state index in [2.05, 4.69) is 15.5 Å². The molecule has 1 saturated carbocycles. The fourth-order valence-corrected chi connectivity index (χ4v) is 5.16. The van der Waals surface area contributed by atoms with E-state index in [1.54, 1.807) is 4.90 Å². The van der Waals surface area contributed by atoms with Crippen LogP contribution in [0.5, 0.6) is 0 Å². The first-order chi connectivity index (χ1) is 11.3. The van der Waals surface area contributed by atoms with Crippen molar-refractivity contribution in [3.05, 3.63) is 17.5 Å². The highest BCUT2D eigenvalue weighted by molar-refractivity contribution is 7.91. The molecule has 2 heterocycles. The summed E-state index contributed by atoms with van der Waals surface area (Å²) < 4.78 is 23.9. The molecule has 1 saturated heterocycles. The van der Waals surface area contributed by atoms with Gasteiger partial charge >= 0.3 is 6.03 Å². The predicted octanol–water partition coefficient (Wildman–Crippen LogP) is 1.26. The fraction of sp³-hybridized carbons (Fsp3) is 0.750. The second-order valence-electron chi connectivity index (χ2n) is 7.16. The summed E-state index contributed by atoms with van der Waals surface area (Å²) in [6.07, 6.45) is 3.82. The zero-order valence-electron chi connectivity index (χ0n) is 14.3.